The fourth-order valence-electron chi connectivity index (χ4n) is 2.28. The van der Waals surface area contributed by atoms with Gasteiger partial charge in [0.15, 0.2) is 0 Å². The molecule has 3 heteroatoms. The molecule has 0 bridgehead atoms. The molecule has 3 nitrogen and oxygen atoms in total. The predicted molar refractivity (Wildman–Crippen MR) is 62.0 cm³/mol. The second-order valence-corrected chi connectivity index (χ2v) is 5.51. The third kappa shape index (κ3) is 3.32. The molecule has 0 aromatic heterocycles. The lowest BCUT2D eigenvalue weighted by Gasteiger charge is -2.30. The molecule has 0 N–H and O–H groups in total. The van der Waals surface area contributed by atoms with Gasteiger partial charge in [-0.05, 0) is 40.0 Å². The van der Waals surface area contributed by atoms with Gasteiger partial charge in [-0.2, -0.15) is 0 Å². The van der Waals surface area contributed by atoms with Gasteiger partial charge in [0.2, 0.25) is 0 Å². The van der Waals surface area contributed by atoms with Crippen LogP contribution in [0.1, 0.15) is 53.4 Å². The van der Waals surface area contributed by atoms with E-state index in [2.05, 4.69) is 0 Å². The normalized spacial score (nSPS) is 26.6. The van der Waals surface area contributed by atoms with Gasteiger partial charge in [-0.15, -0.1) is 0 Å². The largest absolute Gasteiger partial charge is 0.460 e. The monoisotopic (exact) mass is 226 g/mol. The van der Waals surface area contributed by atoms with Crippen LogP contribution in [0.2, 0.25) is 0 Å². The van der Waals surface area contributed by atoms with Crippen molar-refractivity contribution >= 4 is 11.8 Å². The van der Waals surface area contributed by atoms with E-state index in [4.69, 9.17) is 4.74 Å². The molecule has 0 aliphatic heterocycles. The van der Waals surface area contributed by atoms with Crippen LogP contribution >= 0.6 is 0 Å². The minimum absolute atomic E-state index is 0.122. The van der Waals surface area contributed by atoms with E-state index in [0.717, 1.165) is 19.3 Å². The molecular weight excluding hydrogens is 204 g/mol. The Bertz CT molecular complexity index is 275. The first-order valence-electron chi connectivity index (χ1n) is 6.10. The Labute approximate surface area is 97.5 Å². The third-order valence-electron chi connectivity index (χ3n) is 2.99. The molecule has 0 heterocycles. The standard InChI is InChI=1S/C13H22O3/c1-5-9-10(7-6-8-11(9)14)12(15)16-13(2,3)4/h9-10H,5-8H2,1-4H3. The van der Waals surface area contributed by atoms with Gasteiger partial charge in [0.1, 0.15) is 11.4 Å². The highest BCUT2D eigenvalue weighted by Gasteiger charge is 2.37. The summed E-state index contributed by atoms with van der Waals surface area (Å²) >= 11 is 0. The fraction of sp³-hybridized carbons (Fsp3) is 0.846. The lowest BCUT2D eigenvalue weighted by atomic mass is 9.77. The zero-order valence-corrected chi connectivity index (χ0v) is 10.7. The lowest BCUT2D eigenvalue weighted by molar-refractivity contribution is -0.165. The highest BCUT2D eigenvalue weighted by Crippen LogP contribution is 2.31. The van der Waals surface area contributed by atoms with Crippen molar-refractivity contribution in [1.29, 1.82) is 0 Å². The maximum atomic E-state index is 12.0. The molecule has 1 fully saturated rings. The predicted octanol–water partition coefficient (Wildman–Crippen LogP) is 2.72. The molecule has 0 aromatic carbocycles. The Balaban J connectivity index is 2.70. The van der Waals surface area contributed by atoms with Gasteiger partial charge < -0.3 is 4.74 Å². The summed E-state index contributed by atoms with van der Waals surface area (Å²) in [5.74, 6) is -0.314. The number of esters is 1. The average molecular weight is 226 g/mol. The quantitative estimate of drug-likeness (QED) is 0.680. The van der Waals surface area contributed by atoms with Crippen molar-refractivity contribution in [1.82, 2.24) is 0 Å². The molecule has 2 unspecified atom stereocenters. The first kappa shape index (κ1) is 13.2. The number of rotatable bonds is 2. The molecule has 1 rings (SSSR count). The fourth-order valence-corrected chi connectivity index (χ4v) is 2.28. The summed E-state index contributed by atoms with van der Waals surface area (Å²) in [5.41, 5.74) is -0.462. The van der Waals surface area contributed by atoms with Crippen molar-refractivity contribution in [2.24, 2.45) is 11.8 Å². The van der Waals surface area contributed by atoms with E-state index in [-0.39, 0.29) is 23.6 Å². The first-order chi connectivity index (χ1) is 7.35. The zero-order valence-electron chi connectivity index (χ0n) is 10.7. The molecule has 92 valence electrons. The van der Waals surface area contributed by atoms with Gasteiger partial charge in [0.05, 0.1) is 5.92 Å². The molecule has 16 heavy (non-hydrogen) atoms. The van der Waals surface area contributed by atoms with Gasteiger partial charge in [0, 0.05) is 12.3 Å². The van der Waals surface area contributed by atoms with Gasteiger partial charge in [-0.25, -0.2) is 0 Å². The van der Waals surface area contributed by atoms with E-state index in [1.165, 1.54) is 0 Å². The van der Waals surface area contributed by atoms with Crippen molar-refractivity contribution in [3.8, 4) is 0 Å². The number of ether oxygens (including phenoxy) is 1. The Kier molecular flexibility index (Phi) is 4.11. The van der Waals surface area contributed by atoms with Crippen molar-refractivity contribution in [3.05, 3.63) is 0 Å². The highest BCUT2D eigenvalue weighted by molar-refractivity contribution is 5.88. The molecule has 1 saturated carbocycles. The average Bonchev–Trinajstić information content (AvgIpc) is 2.14. The van der Waals surface area contributed by atoms with Crippen molar-refractivity contribution < 1.29 is 14.3 Å². The van der Waals surface area contributed by atoms with Crippen LogP contribution in [0.25, 0.3) is 0 Å². The second-order valence-electron chi connectivity index (χ2n) is 5.51. The number of hydrogen-bond donors (Lipinski definition) is 0. The Morgan fingerprint density at radius 3 is 2.56 bits per heavy atom. The number of hydrogen-bond acceptors (Lipinski definition) is 3. The van der Waals surface area contributed by atoms with Crippen LogP contribution in [0.3, 0.4) is 0 Å². The van der Waals surface area contributed by atoms with Crippen LogP contribution in [-0.4, -0.2) is 17.4 Å². The molecule has 0 spiro atoms. The Hall–Kier alpha value is -0.860. The summed E-state index contributed by atoms with van der Waals surface area (Å²) in [7, 11) is 0. The summed E-state index contributed by atoms with van der Waals surface area (Å²) in [5, 5.41) is 0. The third-order valence-corrected chi connectivity index (χ3v) is 2.99. The zero-order chi connectivity index (χ0) is 12.3. The summed E-state index contributed by atoms with van der Waals surface area (Å²) in [6.45, 7) is 7.54. The number of carbonyl (C=O) groups is 2. The van der Waals surface area contributed by atoms with Crippen LogP contribution in [0, 0.1) is 11.8 Å². The number of ketones is 1. The molecule has 1 aliphatic rings. The molecule has 2 atom stereocenters. The van der Waals surface area contributed by atoms with Gasteiger partial charge in [0.25, 0.3) is 0 Å². The molecule has 1 aliphatic carbocycles. The van der Waals surface area contributed by atoms with E-state index in [1.807, 2.05) is 27.7 Å². The van der Waals surface area contributed by atoms with Crippen LogP contribution in [0.5, 0.6) is 0 Å². The van der Waals surface area contributed by atoms with E-state index in [0.29, 0.717) is 6.42 Å². The number of carbonyl (C=O) groups excluding carboxylic acids is 2. The highest BCUT2D eigenvalue weighted by atomic mass is 16.6. The SMILES string of the molecule is CCC1C(=O)CCCC1C(=O)OC(C)(C)C. The molecular formula is C13H22O3. The minimum Gasteiger partial charge on any atom is -0.460 e. The van der Waals surface area contributed by atoms with Crippen LogP contribution in [0.4, 0.5) is 0 Å². The van der Waals surface area contributed by atoms with Gasteiger partial charge >= 0.3 is 5.97 Å². The van der Waals surface area contributed by atoms with Crippen molar-refractivity contribution in [2.75, 3.05) is 0 Å². The van der Waals surface area contributed by atoms with Crippen molar-refractivity contribution in [3.63, 3.8) is 0 Å². The van der Waals surface area contributed by atoms with E-state index >= 15 is 0 Å². The van der Waals surface area contributed by atoms with Crippen LogP contribution in [-0.2, 0) is 14.3 Å². The molecule has 0 amide bonds. The minimum atomic E-state index is -0.462. The van der Waals surface area contributed by atoms with Crippen LogP contribution < -0.4 is 0 Å². The van der Waals surface area contributed by atoms with E-state index in [9.17, 15) is 9.59 Å². The Morgan fingerprint density at radius 1 is 1.44 bits per heavy atom. The molecule has 0 aromatic rings. The van der Waals surface area contributed by atoms with E-state index < -0.39 is 5.60 Å². The maximum Gasteiger partial charge on any atom is 0.310 e. The van der Waals surface area contributed by atoms with Crippen molar-refractivity contribution in [2.45, 2.75) is 59.0 Å². The number of Topliss-reactive ketones (excluding diaryl/α,β-unsaturated/α-hetero) is 1. The topological polar surface area (TPSA) is 43.4 Å². The van der Waals surface area contributed by atoms with E-state index in [1.54, 1.807) is 0 Å². The summed E-state index contributed by atoms with van der Waals surface area (Å²) < 4.78 is 5.37. The molecule has 0 saturated heterocycles. The summed E-state index contributed by atoms with van der Waals surface area (Å²) in [6, 6.07) is 0. The van der Waals surface area contributed by atoms with Gasteiger partial charge in [-0.1, -0.05) is 6.92 Å². The molecule has 0 radical (unpaired) electrons. The maximum absolute atomic E-state index is 12.0. The Morgan fingerprint density at radius 2 is 2.06 bits per heavy atom. The summed E-state index contributed by atoms with van der Waals surface area (Å²) in [6.07, 6.45) is 2.97. The van der Waals surface area contributed by atoms with Gasteiger partial charge in [-0.3, -0.25) is 9.59 Å². The van der Waals surface area contributed by atoms with Crippen LogP contribution in [0.15, 0.2) is 0 Å². The first-order valence-corrected chi connectivity index (χ1v) is 6.10. The summed E-state index contributed by atoms with van der Waals surface area (Å²) in [4.78, 5) is 23.7. The lowest BCUT2D eigenvalue weighted by Crippen LogP contribution is -2.37. The smallest absolute Gasteiger partial charge is 0.310 e. The second kappa shape index (κ2) is 4.98.